The molecule has 1 aromatic carbocycles. The average molecular weight is 287 g/mol. The van der Waals surface area contributed by atoms with Gasteiger partial charge in [-0.3, -0.25) is 5.10 Å². The number of urea groups is 1. The Hall–Kier alpha value is -2.34. The highest BCUT2D eigenvalue weighted by Crippen LogP contribution is 2.10. The Kier molecular flexibility index (Phi) is 5.34. The predicted molar refractivity (Wildman–Crippen MR) is 83.0 cm³/mol. The molecule has 0 aliphatic rings. The van der Waals surface area contributed by atoms with Crippen molar-refractivity contribution in [2.45, 2.75) is 26.3 Å². The van der Waals surface area contributed by atoms with Gasteiger partial charge >= 0.3 is 6.03 Å². The van der Waals surface area contributed by atoms with Crippen LogP contribution in [-0.2, 0) is 13.0 Å². The van der Waals surface area contributed by atoms with E-state index in [2.05, 4.69) is 20.8 Å². The summed E-state index contributed by atoms with van der Waals surface area (Å²) in [7, 11) is 0. The van der Waals surface area contributed by atoms with Crippen molar-refractivity contribution in [2.75, 3.05) is 11.9 Å². The monoisotopic (exact) mass is 287 g/mol. The Morgan fingerprint density at radius 1 is 1.43 bits per heavy atom. The number of anilines is 1. The summed E-state index contributed by atoms with van der Waals surface area (Å²) >= 11 is 0. The van der Waals surface area contributed by atoms with Gasteiger partial charge in [0.05, 0.1) is 6.20 Å². The summed E-state index contributed by atoms with van der Waals surface area (Å²) in [5.74, 6) is 0. The van der Waals surface area contributed by atoms with Crippen LogP contribution in [0.4, 0.5) is 10.5 Å². The molecule has 6 nitrogen and oxygen atoms in total. The van der Waals surface area contributed by atoms with Crippen LogP contribution in [0.15, 0.2) is 30.5 Å². The first-order chi connectivity index (χ1) is 10.2. The van der Waals surface area contributed by atoms with Crippen molar-refractivity contribution in [3.63, 3.8) is 0 Å². The van der Waals surface area contributed by atoms with Gasteiger partial charge in [0.1, 0.15) is 0 Å². The molecule has 6 heteroatoms. The summed E-state index contributed by atoms with van der Waals surface area (Å²) in [6, 6.07) is 7.31. The van der Waals surface area contributed by atoms with Gasteiger partial charge in [-0.25, -0.2) is 4.79 Å². The smallest absolute Gasteiger partial charge is 0.319 e. The maximum atomic E-state index is 11.8. The number of nitrogens with two attached hydrogens (primary N) is 1. The summed E-state index contributed by atoms with van der Waals surface area (Å²) in [5.41, 5.74) is 9.58. The number of nitrogens with one attached hydrogen (secondary N) is 3. The van der Waals surface area contributed by atoms with E-state index in [0.29, 0.717) is 13.1 Å². The van der Waals surface area contributed by atoms with Crippen LogP contribution in [0.25, 0.3) is 0 Å². The number of carbonyl (C=O) groups excluding carboxylic acids is 1. The number of nitrogens with zero attached hydrogens (tertiary/aromatic N) is 1. The van der Waals surface area contributed by atoms with E-state index in [4.69, 9.17) is 5.73 Å². The molecule has 0 saturated carbocycles. The van der Waals surface area contributed by atoms with Gasteiger partial charge in [-0.05, 0) is 43.0 Å². The molecule has 0 radical (unpaired) electrons. The minimum Gasteiger partial charge on any atom is -0.338 e. The van der Waals surface area contributed by atoms with Crippen molar-refractivity contribution in [1.82, 2.24) is 15.5 Å². The van der Waals surface area contributed by atoms with Crippen molar-refractivity contribution in [3.05, 3.63) is 47.3 Å². The van der Waals surface area contributed by atoms with E-state index in [9.17, 15) is 4.79 Å². The summed E-state index contributed by atoms with van der Waals surface area (Å²) < 4.78 is 0. The second-order valence-electron chi connectivity index (χ2n) is 4.91. The average Bonchev–Trinajstić information content (AvgIpc) is 2.89. The largest absolute Gasteiger partial charge is 0.338 e. The maximum absolute atomic E-state index is 11.8. The fourth-order valence-electron chi connectivity index (χ4n) is 2.06. The molecule has 2 rings (SSSR count). The molecule has 2 amide bonds. The number of aromatic nitrogens is 2. The minimum absolute atomic E-state index is 0.201. The molecule has 0 bridgehead atoms. The van der Waals surface area contributed by atoms with Crippen LogP contribution in [-0.4, -0.2) is 22.8 Å². The van der Waals surface area contributed by atoms with E-state index in [1.165, 1.54) is 5.56 Å². The summed E-state index contributed by atoms with van der Waals surface area (Å²) in [6.07, 6.45) is 3.59. The number of carbonyl (C=O) groups is 1. The third-order valence-corrected chi connectivity index (χ3v) is 3.26. The first-order valence-corrected chi connectivity index (χ1v) is 7.01. The highest BCUT2D eigenvalue weighted by atomic mass is 16.2. The Morgan fingerprint density at radius 2 is 2.29 bits per heavy atom. The summed E-state index contributed by atoms with van der Waals surface area (Å²) in [6.45, 7) is 3.07. The van der Waals surface area contributed by atoms with Gasteiger partial charge in [0.2, 0.25) is 0 Å². The molecule has 0 unspecified atom stereocenters. The molecule has 0 atom stereocenters. The maximum Gasteiger partial charge on any atom is 0.319 e. The third kappa shape index (κ3) is 4.61. The van der Waals surface area contributed by atoms with Crippen molar-refractivity contribution in [2.24, 2.45) is 5.73 Å². The van der Waals surface area contributed by atoms with E-state index < -0.39 is 0 Å². The molecule has 2 aromatic rings. The molecule has 112 valence electrons. The van der Waals surface area contributed by atoms with Gasteiger partial charge in [0.25, 0.3) is 0 Å². The van der Waals surface area contributed by atoms with E-state index >= 15 is 0 Å². The van der Waals surface area contributed by atoms with Crippen LogP contribution in [0.5, 0.6) is 0 Å². The lowest BCUT2D eigenvalue weighted by Crippen LogP contribution is -2.29. The zero-order chi connectivity index (χ0) is 15.1. The zero-order valence-corrected chi connectivity index (χ0v) is 12.1. The van der Waals surface area contributed by atoms with Crippen LogP contribution < -0.4 is 16.4 Å². The minimum atomic E-state index is -0.201. The Balaban J connectivity index is 1.71. The SMILES string of the molecule is Cc1[nH]ncc1CCCNC(=O)Nc1cccc(CN)c1. The van der Waals surface area contributed by atoms with E-state index in [-0.39, 0.29) is 6.03 Å². The molecular formula is C15H21N5O. The van der Waals surface area contributed by atoms with Gasteiger partial charge < -0.3 is 16.4 Å². The highest BCUT2D eigenvalue weighted by molar-refractivity contribution is 5.89. The van der Waals surface area contributed by atoms with Gasteiger partial charge in [-0.2, -0.15) is 5.10 Å². The number of rotatable bonds is 6. The van der Waals surface area contributed by atoms with Crippen molar-refractivity contribution in [1.29, 1.82) is 0 Å². The Morgan fingerprint density at radius 3 is 3.00 bits per heavy atom. The van der Waals surface area contributed by atoms with Crippen LogP contribution in [0.1, 0.15) is 23.2 Å². The van der Waals surface area contributed by atoms with Gasteiger partial charge in [-0.15, -0.1) is 0 Å². The number of hydrogen-bond acceptors (Lipinski definition) is 3. The number of amides is 2. The van der Waals surface area contributed by atoms with Crippen LogP contribution in [0.2, 0.25) is 0 Å². The molecule has 5 N–H and O–H groups in total. The third-order valence-electron chi connectivity index (χ3n) is 3.26. The quantitative estimate of drug-likeness (QED) is 0.611. The lowest BCUT2D eigenvalue weighted by atomic mass is 10.1. The molecule has 0 aliphatic carbocycles. The predicted octanol–water partition coefficient (Wildman–Crippen LogP) is 1.93. The van der Waals surface area contributed by atoms with E-state index in [1.807, 2.05) is 37.4 Å². The first kappa shape index (κ1) is 15.1. The molecule has 1 aromatic heterocycles. The standard InChI is InChI=1S/C15H21N5O/c1-11-13(10-18-20-11)5-3-7-17-15(21)19-14-6-2-4-12(8-14)9-16/h2,4,6,8,10H,3,5,7,9,16H2,1H3,(H,18,20)(H2,17,19,21). The first-order valence-electron chi connectivity index (χ1n) is 7.01. The Bertz CT molecular complexity index is 593. The number of hydrogen-bond donors (Lipinski definition) is 4. The molecular weight excluding hydrogens is 266 g/mol. The van der Waals surface area contributed by atoms with Crippen LogP contribution in [0.3, 0.4) is 0 Å². The molecule has 0 fully saturated rings. The van der Waals surface area contributed by atoms with E-state index in [0.717, 1.165) is 29.8 Å². The number of aryl methyl sites for hydroxylation is 2. The molecule has 1 heterocycles. The highest BCUT2D eigenvalue weighted by Gasteiger charge is 2.03. The molecule has 0 saturated heterocycles. The number of aromatic amines is 1. The fourth-order valence-corrected chi connectivity index (χ4v) is 2.06. The van der Waals surface area contributed by atoms with E-state index in [1.54, 1.807) is 0 Å². The van der Waals surface area contributed by atoms with Crippen molar-refractivity contribution in [3.8, 4) is 0 Å². The fraction of sp³-hybridized carbons (Fsp3) is 0.333. The van der Waals surface area contributed by atoms with Crippen LogP contribution >= 0.6 is 0 Å². The Labute approximate surface area is 124 Å². The van der Waals surface area contributed by atoms with Crippen molar-refractivity contribution < 1.29 is 4.79 Å². The second-order valence-corrected chi connectivity index (χ2v) is 4.91. The molecule has 0 spiro atoms. The number of H-pyrrole nitrogens is 1. The number of benzene rings is 1. The molecule has 21 heavy (non-hydrogen) atoms. The summed E-state index contributed by atoms with van der Waals surface area (Å²) in [5, 5.41) is 12.5. The second kappa shape index (κ2) is 7.44. The lowest BCUT2D eigenvalue weighted by molar-refractivity contribution is 0.252. The lowest BCUT2D eigenvalue weighted by Gasteiger charge is -2.08. The molecule has 0 aliphatic heterocycles. The summed E-state index contributed by atoms with van der Waals surface area (Å²) in [4.78, 5) is 11.8. The van der Waals surface area contributed by atoms with Gasteiger partial charge in [0, 0.05) is 24.5 Å². The van der Waals surface area contributed by atoms with Gasteiger partial charge in [-0.1, -0.05) is 12.1 Å². The van der Waals surface area contributed by atoms with Crippen LogP contribution in [0, 0.1) is 6.92 Å². The topological polar surface area (TPSA) is 95.8 Å². The normalized spacial score (nSPS) is 10.4. The zero-order valence-electron chi connectivity index (χ0n) is 12.1. The van der Waals surface area contributed by atoms with Gasteiger partial charge in [0.15, 0.2) is 0 Å². The van der Waals surface area contributed by atoms with Crippen molar-refractivity contribution >= 4 is 11.7 Å².